The summed E-state index contributed by atoms with van der Waals surface area (Å²) in [6, 6.07) is 0. The third-order valence-corrected chi connectivity index (χ3v) is 3.74. The van der Waals surface area contributed by atoms with Crippen LogP contribution in [0.4, 0.5) is 0 Å². The quantitative estimate of drug-likeness (QED) is 0.703. The summed E-state index contributed by atoms with van der Waals surface area (Å²) < 4.78 is -0.582. The van der Waals surface area contributed by atoms with Gasteiger partial charge in [-0.1, -0.05) is 29.3 Å². The van der Waals surface area contributed by atoms with Gasteiger partial charge in [0.2, 0.25) is 0 Å². The molecule has 2 atom stereocenters. The molecule has 0 heterocycles. The molecule has 1 rings (SSSR count). The van der Waals surface area contributed by atoms with Crippen LogP contribution in [0.15, 0.2) is 0 Å². The Hall–Kier alpha value is -0.0500. The Balaban J connectivity index is 2.61. The summed E-state index contributed by atoms with van der Waals surface area (Å²) >= 11 is 3.26. The second-order valence-corrected chi connectivity index (χ2v) is 4.23. The average Bonchev–Trinajstić information content (AvgIpc) is 1.85. The van der Waals surface area contributed by atoms with Crippen LogP contribution in [-0.2, 0) is 4.79 Å². The third-order valence-electron chi connectivity index (χ3n) is 2.35. The van der Waals surface area contributed by atoms with Crippen LogP contribution in [0.5, 0.6) is 0 Å². The molecular formula is C7H11BrO2. The molecule has 3 heteroatoms. The second kappa shape index (κ2) is 2.53. The number of rotatable bonds is 2. The first-order valence-corrected chi connectivity index (χ1v) is 4.33. The fraction of sp³-hybridized carbons (Fsp3) is 0.857. The molecule has 0 radical (unpaired) electrons. The van der Waals surface area contributed by atoms with Crippen LogP contribution in [-0.4, -0.2) is 15.4 Å². The standard InChI is InChI=1S/C7H11BrO2/c1-2-5-3-4-7(5,8)6(9)10/h5H,2-4H2,1H3,(H,9,10). The number of halogens is 1. The molecule has 1 aliphatic rings. The predicted molar refractivity (Wildman–Crippen MR) is 42.3 cm³/mol. The summed E-state index contributed by atoms with van der Waals surface area (Å²) in [5.74, 6) is -0.365. The summed E-state index contributed by atoms with van der Waals surface area (Å²) in [6.45, 7) is 2.03. The number of carbonyl (C=O) groups is 1. The van der Waals surface area contributed by atoms with E-state index in [1.165, 1.54) is 0 Å². The van der Waals surface area contributed by atoms with Gasteiger partial charge in [-0.3, -0.25) is 4.79 Å². The van der Waals surface area contributed by atoms with Crippen molar-refractivity contribution in [2.45, 2.75) is 30.5 Å². The molecule has 0 spiro atoms. The van der Waals surface area contributed by atoms with Gasteiger partial charge in [0.15, 0.2) is 0 Å². The zero-order chi connectivity index (χ0) is 7.78. The summed E-state index contributed by atoms with van der Waals surface area (Å²) in [7, 11) is 0. The predicted octanol–water partition coefficient (Wildman–Crippen LogP) is 2.02. The minimum absolute atomic E-state index is 0.338. The summed E-state index contributed by atoms with van der Waals surface area (Å²) in [4.78, 5) is 10.6. The van der Waals surface area contributed by atoms with Gasteiger partial charge >= 0.3 is 5.97 Å². The number of hydrogen-bond acceptors (Lipinski definition) is 1. The maximum atomic E-state index is 10.6. The lowest BCUT2D eigenvalue weighted by Crippen LogP contribution is -2.47. The van der Waals surface area contributed by atoms with Gasteiger partial charge in [0.25, 0.3) is 0 Å². The fourth-order valence-corrected chi connectivity index (χ4v) is 2.19. The minimum Gasteiger partial charge on any atom is -0.480 e. The van der Waals surface area contributed by atoms with Crippen molar-refractivity contribution in [1.29, 1.82) is 0 Å². The van der Waals surface area contributed by atoms with Crippen molar-refractivity contribution in [2.75, 3.05) is 0 Å². The van der Waals surface area contributed by atoms with E-state index in [0.29, 0.717) is 5.92 Å². The Morgan fingerprint density at radius 2 is 2.50 bits per heavy atom. The van der Waals surface area contributed by atoms with Crippen LogP contribution >= 0.6 is 15.9 Å². The monoisotopic (exact) mass is 206 g/mol. The summed E-state index contributed by atoms with van der Waals surface area (Å²) in [5.41, 5.74) is 0. The van der Waals surface area contributed by atoms with Crippen molar-refractivity contribution in [3.63, 3.8) is 0 Å². The Morgan fingerprint density at radius 1 is 1.90 bits per heavy atom. The SMILES string of the molecule is CCC1CCC1(Br)C(=O)O. The zero-order valence-corrected chi connectivity index (χ0v) is 7.52. The first kappa shape index (κ1) is 8.05. The van der Waals surface area contributed by atoms with Crippen LogP contribution in [0.2, 0.25) is 0 Å². The minimum atomic E-state index is -0.703. The van der Waals surface area contributed by atoms with Gasteiger partial charge in [0.1, 0.15) is 4.32 Å². The van der Waals surface area contributed by atoms with E-state index >= 15 is 0 Å². The van der Waals surface area contributed by atoms with Gasteiger partial charge in [0.05, 0.1) is 0 Å². The maximum absolute atomic E-state index is 10.6. The van der Waals surface area contributed by atoms with Gasteiger partial charge in [-0.25, -0.2) is 0 Å². The number of carboxylic acids is 1. The first-order valence-electron chi connectivity index (χ1n) is 3.53. The summed E-state index contributed by atoms with van der Waals surface area (Å²) in [5, 5.41) is 8.75. The van der Waals surface area contributed by atoms with E-state index in [1.54, 1.807) is 0 Å². The van der Waals surface area contributed by atoms with Crippen molar-refractivity contribution in [3.8, 4) is 0 Å². The van der Waals surface area contributed by atoms with Gasteiger partial charge in [-0.05, 0) is 18.8 Å². The molecule has 0 bridgehead atoms. The smallest absolute Gasteiger partial charge is 0.320 e. The molecule has 0 amide bonds. The Bertz CT molecular complexity index is 156. The molecule has 1 aliphatic carbocycles. The zero-order valence-electron chi connectivity index (χ0n) is 5.93. The normalized spacial score (nSPS) is 38.8. The largest absolute Gasteiger partial charge is 0.480 e. The highest BCUT2D eigenvalue weighted by molar-refractivity contribution is 9.10. The Kier molecular flexibility index (Phi) is 2.04. The van der Waals surface area contributed by atoms with E-state index in [0.717, 1.165) is 19.3 Å². The van der Waals surface area contributed by atoms with Crippen LogP contribution in [0.25, 0.3) is 0 Å². The van der Waals surface area contributed by atoms with E-state index in [4.69, 9.17) is 5.11 Å². The van der Waals surface area contributed by atoms with Crippen LogP contribution in [0.1, 0.15) is 26.2 Å². The third kappa shape index (κ3) is 0.965. The lowest BCUT2D eigenvalue weighted by Gasteiger charge is -2.41. The number of hydrogen-bond donors (Lipinski definition) is 1. The van der Waals surface area contributed by atoms with Crippen LogP contribution in [0.3, 0.4) is 0 Å². The van der Waals surface area contributed by atoms with E-state index < -0.39 is 10.3 Å². The van der Waals surface area contributed by atoms with E-state index in [-0.39, 0.29) is 0 Å². The van der Waals surface area contributed by atoms with Crippen molar-refractivity contribution in [2.24, 2.45) is 5.92 Å². The van der Waals surface area contributed by atoms with Crippen molar-refractivity contribution in [3.05, 3.63) is 0 Å². The molecular weight excluding hydrogens is 196 g/mol. The van der Waals surface area contributed by atoms with E-state index in [2.05, 4.69) is 15.9 Å². The molecule has 0 aliphatic heterocycles. The Morgan fingerprint density at radius 3 is 2.60 bits per heavy atom. The second-order valence-electron chi connectivity index (χ2n) is 2.81. The van der Waals surface area contributed by atoms with Gasteiger partial charge < -0.3 is 5.11 Å². The van der Waals surface area contributed by atoms with E-state index in [1.807, 2.05) is 6.92 Å². The molecule has 2 unspecified atom stereocenters. The lowest BCUT2D eigenvalue weighted by molar-refractivity contribution is -0.144. The van der Waals surface area contributed by atoms with Gasteiger partial charge in [-0.15, -0.1) is 0 Å². The first-order chi connectivity index (χ1) is 4.61. The highest BCUT2D eigenvalue weighted by Gasteiger charge is 2.49. The molecule has 0 aromatic carbocycles. The van der Waals surface area contributed by atoms with Gasteiger partial charge in [0, 0.05) is 0 Å². The molecule has 1 fully saturated rings. The number of carboxylic acid groups (broad SMARTS) is 1. The van der Waals surface area contributed by atoms with Crippen molar-refractivity contribution < 1.29 is 9.90 Å². The topological polar surface area (TPSA) is 37.3 Å². The highest BCUT2D eigenvalue weighted by Crippen LogP contribution is 2.47. The van der Waals surface area contributed by atoms with E-state index in [9.17, 15) is 4.79 Å². The maximum Gasteiger partial charge on any atom is 0.320 e. The van der Waals surface area contributed by atoms with Crippen molar-refractivity contribution >= 4 is 21.9 Å². The van der Waals surface area contributed by atoms with Crippen molar-refractivity contribution in [1.82, 2.24) is 0 Å². The molecule has 58 valence electrons. The number of aliphatic carboxylic acids is 1. The molecule has 2 nitrogen and oxygen atoms in total. The molecule has 0 saturated heterocycles. The number of alkyl halides is 1. The highest BCUT2D eigenvalue weighted by atomic mass is 79.9. The molecule has 10 heavy (non-hydrogen) atoms. The fourth-order valence-electron chi connectivity index (χ4n) is 1.41. The van der Waals surface area contributed by atoms with Crippen LogP contribution < -0.4 is 0 Å². The molecule has 0 aromatic heterocycles. The Labute approximate surface area is 68.7 Å². The van der Waals surface area contributed by atoms with Crippen LogP contribution in [0, 0.1) is 5.92 Å². The molecule has 0 aromatic rings. The van der Waals surface area contributed by atoms with Gasteiger partial charge in [-0.2, -0.15) is 0 Å². The molecule has 1 saturated carbocycles. The summed E-state index contributed by atoms with van der Waals surface area (Å²) in [6.07, 6.45) is 2.78. The average molecular weight is 207 g/mol. The molecule has 1 N–H and O–H groups in total. The lowest BCUT2D eigenvalue weighted by atomic mass is 9.72.